The molecule has 3 N–H and O–H groups in total. The van der Waals surface area contributed by atoms with Crippen molar-refractivity contribution in [1.82, 2.24) is 10.9 Å². The van der Waals surface area contributed by atoms with E-state index in [4.69, 9.17) is 12.2 Å². The van der Waals surface area contributed by atoms with Crippen LogP contribution in [-0.4, -0.2) is 11.0 Å². The zero-order valence-electron chi connectivity index (χ0n) is 11.0. The third kappa shape index (κ3) is 4.07. The Balaban J connectivity index is 1.86. The maximum absolute atomic E-state index is 11.9. The molecule has 0 spiro atoms. The lowest BCUT2D eigenvalue weighted by Gasteiger charge is -2.11. The van der Waals surface area contributed by atoms with Gasteiger partial charge in [-0.05, 0) is 43.4 Å². The van der Waals surface area contributed by atoms with Crippen LogP contribution in [0.4, 0.5) is 5.69 Å². The van der Waals surface area contributed by atoms with E-state index in [0.29, 0.717) is 10.7 Å². The zero-order chi connectivity index (χ0) is 14.4. The molecule has 0 saturated heterocycles. The first-order valence-electron chi connectivity index (χ1n) is 6.14. The van der Waals surface area contributed by atoms with E-state index in [0.717, 1.165) is 11.3 Å². The predicted octanol–water partition coefficient (Wildman–Crippen LogP) is 2.63. The molecule has 0 aliphatic rings. The van der Waals surface area contributed by atoms with Gasteiger partial charge in [0.05, 0.1) is 0 Å². The molecule has 0 bridgehead atoms. The van der Waals surface area contributed by atoms with E-state index in [-0.39, 0.29) is 5.91 Å². The Morgan fingerprint density at radius 1 is 1.00 bits per heavy atom. The van der Waals surface area contributed by atoms with Crippen LogP contribution in [0.3, 0.4) is 0 Å². The van der Waals surface area contributed by atoms with Crippen molar-refractivity contribution < 1.29 is 4.79 Å². The lowest BCUT2D eigenvalue weighted by atomic mass is 10.1. The second kappa shape index (κ2) is 6.68. The summed E-state index contributed by atoms with van der Waals surface area (Å²) in [6.07, 6.45) is 0. The molecule has 0 unspecified atom stereocenters. The second-order valence-corrected chi connectivity index (χ2v) is 4.68. The van der Waals surface area contributed by atoms with Crippen molar-refractivity contribution in [1.29, 1.82) is 0 Å². The summed E-state index contributed by atoms with van der Waals surface area (Å²) >= 11 is 5.09. The van der Waals surface area contributed by atoms with E-state index >= 15 is 0 Å². The molecular formula is C15H15N3OS. The van der Waals surface area contributed by atoms with Gasteiger partial charge in [-0.3, -0.25) is 15.6 Å². The first-order valence-corrected chi connectivity index (χ1v) is 6.55. The standard InChI is InChI=1S/C15H15N3OS/c1-11-6-5-7-12(10-11)14(19)17-18-15(20)16-13-8-3-2-4-9-13/h2-10H,1H3,(H,17,19)(H2,16,18,20). The number of nitrogens with one attached hydrogen (secondary N) is 3. The molecule has 0 aliphatic heterocycles. The van der Waals surface area contributed by atoms with Crippen LogP contribution >= 0.6 is 12.2 Å². The van der Waals surface area contributed by atoms with Crippen LogP contribution in [0.1, 0.15) is 15.9 Å². The quantitative estimate of drug-likeness (QED) is 0.586. The Morgan fingerprint density at radius 2 is 1.75 bits per heavy atom. The third-order valence-corrected chi connectivity index (χ3v) is 2.81. The van der Waals surface area contributed by atoms with E-state index in [2.05, 4.69) is 16.2 Å². The third-order valence-electron chi connectivity index (χ3n) is 2.60. The normalized spacial score (nSPS) is 9.65. The van der Waals surface area contributed by atoms with Gasteiger partial charge in [0, 0.05) is 11.3 Å². The van der Waals surface area contributed by atoms with Gasteiger partial charge in [-0.2, -0.15) is 0 Å². The molecule has 0 aromatic heterocycles. The van der Waals surface area contributed by atoms with E-state index < -0.39 is 0 Å². The average molecular weight is 285 g/mol. The van der Waals surface area contributed by atoms with Crippen molar-refractivity contribution in [2.24, 2.45) is 0 Å². The summed E-state index contributed by atoms with van der Waals surface area (Å²) in [6.45, 7) is 1.94. The van der Waals surface area contributed by atoms with Crippen LogP contribution in [0, 0.1) is 6.92 Å². The number of aryl methyl sites for hydroxylation is 1. The van der Waals surface area contributed by atoms with Crippen LogP contribution in [0.5, 0.6) is 0 Å². The van der Waals surface area contributed by atoms with E-state index in [1.165, 1.54) is 0 Å². The summed E-state index contributed by atoms with van der Waals surface area (Å²) in [5.41, 5.74) is 7.69. The van der Waals surface area contributed by atoms with Crippen LogP contribution in [0.25, 0.3) is 0 Å². The van der Waals surface area contributed by atoms with Crippen LogP contribution in [0.15, 0.2) is 54.6 Å². The van der Waals surface area contributed by atoms with Crippen LogP contribution < -0.4 is 16.2 Å². The Kier molecular flexibility index (Phi) is 4.68. The Hall–Kier alpha value is -2.40. The summed E-state index contributed by atoms with van der Waals surface area (Å²) in [7, 11) is 0. The fourth-order valence-corrected chi connectivity index (χ4v) is 1.82. The number of hydrogen-bond acceptors (Lipinski definition) is 2. The molecule has 102 valence electrons. The van der Waals surface area contributed by atoms with Crippen LogP contribution in [-0.2, 0) is 0 Å². The smallest absolute Gasteiger partial charge is 0.269 e. The number of rotatable bonds is 2. The molecule has 2 aromatic rings. The molecule has 0 fully saturated rings. The number of hydrogen-bond donors (Lipinski definition) is 3. The minimum atomic E-state index is -0.231. The van der Waals surface area contributed by atoms with Gasteiger partial charge in [0.25, 0.3) is 5.91 Å². The van der Waals surface area contributed by atoms with Crippen molar-refractivity contribution in [3.8, 4) is 0 Å². The molecule has 0 aliphatic carbocycles. The first kappa shape index (κ1) is 14.0. The Morgan fingerprint density at radius 3 is 2.45 bits per heavy atom. The lowest BCUT2D eigenvalue weighted by Crippen LogP contribution is -2.43. The predicted molar refractivity (Wildman–Crippen MR) is 84.4 cm³/mol. The number of hydrazine groups is 1. The van der Waals surface area contributed by atoms with Crippen molar-refractivity contribution in [3.63, 3.8) is 0 Å². The second-order valence-electron chi connectivity index (χ2n) is 4.27. The first-order chi connectivity index (χ1) is 9.65. The molecule has 2 aromatic carbocycles. The molecule has 0 atom stereocenters. The largest absolute Gasteiger partial charge is 0.331 e. The number of benzene rings is 2. The molecule has 1 amide bonds. The molecule has 5 heteroatoms. The number of thiocarbonyl (C=S) groups is 1. The molecule has 0 radical (unpaired) electrons. The number of anilines is 1. The van der Waals surface area contributed by atoms with Gasteiger partial charge in [-0.1, -0.05) is 35.9 Å². The van der Waals surface area contributed by atoms with Gasteiger partial charge >= 0.3 is 0 Å². The highest BCUT2D eigenvalue weighted by Gasteiger charge is 2.05. The minimum Gasteiger partial charge on any atom is -0.331 e. The zero-order valence-corrected chi connectivity index (χ0v) is 11.8. The Bertz CT molecular complexity index is 614. The minimum absolute atomic E-state index is 0.231. The number of carbonyl (C=O) groups is 1. The highest BCUT2D eigenvalue weighted by molar-refractivity contribution is 7.80. The molecule has 0 heterocycles. The number of para-hydroxylation sites is 1. The van der Waals surface area contributed by atoms with Crippen molar-refractivity contribution in [2.75, 3.05) is 5.32 Å². The average Bonchev–Trinajstić information content (AvgIpc) is 2.46. The molecule has 20 heavy (non-hydrogen) atoms. The van der Waals surface area contributed by atoms with E-state index in [1.807, 2.05) is 55.5 Å². The lowest BCUT2D eigenvalue weighted by molar-refractivity contribution is 0.0944. The van der Waals surface area contributed by atoms with Gasteiger partial charge in [-0.25, -0.2) is 0 Å². The monoisotopic (exact) mass is 285 g/mol. The summed E-state index contributed by atoms with van der Waals surface area (Å²) in [5.74, 6) is -0.231. The fourth-order valence-electron chi connectivity index (χ4n) is 1.66. The van der Waals surface area contributed by atoms with Gasteiger partial charge in [-0.15, -0.1) is 0 Å². The van der Waals surface area contributed by atoms with Gasteiger partial charge in [0.2, 0.25) is 0 Å². The number of carbonyl (C=O) groups excluding carboxylic acids is 1. The molecule has 2 rings (SSSR count). The highest BCUT2D eigenvalue weighted by Crippen LogP contribution is 2.05. The summed E-state index contributed by atoms with van der Waals surface area (Å²) < 4.78 is 0. The fraction of sp³-hybridized carbons (Fsp3) is 0.0667. The topological polar surface area (TPSA) is 53.2 Å². The van der Waals surface area contributed by atoms with Gasteiger partial charge in [0.1, 0.15) is 0 Å². The SMILES string of the molecule is Cc1cccc(C(=O)NNC(=S)Nc2ccccc2)c1. The van der Waals surface area contributed by atoms with E-state index in [9.17, 15) is 4.79 Å². The summed E-state index contributed by atoms with van der Waals surface area (Å²) in [6, 6.07) is 16.8. The summed E-state index contributed by atoms with van der Waals surface area (Å²) in [5, 5.41) is 3.30. The van der Waals surface area contributed by atoms with Gasteiger partial charge in [0.15, 0.2) is 5.11 Å². The number of amides is 1. The van der Waals surface area contributed by atoms with Crippen molar-refractivity contribution in [3.05, 3.63) is 65.7 Å². The maximum atomic E-state index is 11.9. The molecule has 0 saturated carbocycles. The van der Waals surface area contributed by atoms with Crippen molar-refractivity contribution in [2.45, 2.75) is 6.92 Å². The molecular weight excluding hydrogens is 270 g/mol. The van der Waals surface area contributed by atoms with Crippen molar-refractivity contribution >= 4 is 28.9 Å². The van der Waals surface area contributed by atoms with E-state index in [1.54, 1.807) is 6.07 Å². The maximum Gasteiger partial charge on any atom is 0.269 e. The summed E-state index contributed by atoms with van der Waals surface area (Å²) in [4.78, 5) is 11.9. The van der Waals surface area contributed by atoms with Gasteiger partial charge < -0.3 is 5.32 Å². The molecule has 4 nitrogen and oxygen atoms in total. The highest BCUT2D eigenvalue weighted by atomic mass is 32.1. The van der Waals surface area contributed by atoms with Crippen LogP contribution in [0.2, 0.25) is 0 Å². The Labute approximate surface area is 123 Å².